The molecule has 1 aliphatic carbocycles. The van der Waals surface area contributed by atoms with Gasteiger partial charge in [-0.1, -0.05) is 37.6 Å². The smallest absolute Gasteiger partial charge is 0.0159 e. The van der Waals surface area contributed by atoms with E-state index in [2.05, 4.69) is 39.0 Å². The van der Waals surface area contributed by atoms with Crippen LogP contribution < -0.4 is 0 Å². The third-order valence-corrected chi connectivity index (χ3v) is 3.19. The van der Waals surface area contributed by atoms with E-state index in [0.29, 0.717) is 0 Å². The summed E-state index contributed by atoms with van der Waals surface area (Å²) in [6.45, 7) is 6.87. The van der Waals surface area contributed by atoms with Gasteiger partial charge in [0.1, 0.15) is 0 Å². The molecule has 1 aliphatic rings. The van der Waals surface area contributed by atoms with E-state index in [-0.39, 0.29) is 0 Å². The quantitative estimate of drug-likeness (QED) is 0.546. The van der Waals surface area contributed by atoms with Crippen LogP contribution in [0.1, 0.15) is 36.5 Å². The summed E-state index contributed by atoms with van der Waals surface area (Å²) >= 11 is 0. The molecule has 0 N–H and O–H groups in total. The zero-order chi connectivity index (χ0) is 8.72. The standard InChI is InChI=1S/C12H16/c1-8-4-5-11-7-9(2)10(3)12(11)6-8/h4-6,9-10H,7H2,1-3H3/t9-,10?/m1/s1. The number of fused-ring (bicyclic) bond motifs is 1. The van der Waals surface area contributed by atoms with Gasteiger partial charge in [-0.2, -0.15) is 0 Å². The Hall–Kier alpha value is -0.780. The molecule has 1 aromatic carbocycles. The molecule has 2 atom stereocenters. The maximum absolute atomic E-state index is 2.35. The van der Waals surface area contributed by atoms with Crippen LogP contribution in [0.3, 0.4) is 0 Å². The number of aryl methyl sites for hydroxylation is 1. The molecule has 0 saturated carbocycles. The highest BCUT2D eigenvalue weighted by Gasteiger charge is 2.24. The predicted octanol–water partition coefficient (Wildman–Crippen LogP) is 3.29. The van der Waals surface area contributed by atoms with Crippen LogP contribution in [0.5, 0.6) is 0 Å². The largest absolute Gasteiger partial charge is 0.0616 e. The van der Waals surface area contributed by atoms with Gasteiger partial charge < -0.3 is 0 Å². The Bertz CT molecular complexity index is 299. The second-order valence-corrected chi connectivity index (χ2v) is 4.17. The molecule has 0 saturated heterocycles. The second kappa shape index (κ2) is 2.62. The molecule has 1 unspecified atom stereocenters. The predicted molar refractivity (Wildman–Crippen MR) is 52.5 cm³/mol. The lowest BCUT2D eigenvalue weighted by Gasteiger charge is -2.09. The molecular formula is C12H16. The molecule has 1 aromatic rings. The van der Waals surface area contributed by atoms with E-state index in [4.69, 9.17) is 0 Å². The molecule has 0 amide bonds. The normalized spacial score (nSPS) is 27.2. The molecule has 0 fully saturated rings. The van der Waals surface area contributed by atoms with Crippen molar-refractivity contribution in [3.63, 3.8) is 0 Å². The minimum Gasteiger partial charge on any atom is -0.0616 e. The summed E-state index contributed by atoms with van der Waals surface area (Å²) in [5, 5.41) is 0. The summed E-state index contributed by atoms with van der Waals surface area (Å²) in [4.78, 5) is 0. The molecular weight excluding hydrogens is 144 g/mol. The van der Waals surface area contributed by atoms with E-state index >= 15 is 0 Å². The minimum atomic E-state index is 0.764. The summed E-state index contributed by atoms with van der Waals surface area (Å²) in [5.74, 6) is 1.60. The van der Waals surface area contributed by atoms with Crippen molar-refractivity contribution in [1.29, 1.82) is 0 Å². The lowest BCUT2D eigenvalue weighted by atomic mass is 9.96. The lowest BCUT2D eigenvalue weighted by molar-refractivity contribution is 0.532. The van der Waals surface area contributed by atoms with Crippen molar-refractivity contribution >= 4 is 0 Å². The number of benzene rings is 1. The van der Waals surface area contributed by atoms with Gasteiger partial charge in [-0.05, 0) is 36.3 Å². The molecule has 2 rings (SSSR count). The maximum atomic E-state index is 2.35. The maximum Gasteiger partial charge on any atom is -0.0159 e. The Morgan fingerprint density at radius 2 is 2.00 bits per heavy atom. The van der Waals surface area contributed by atoms with Crippen LogP contribution in [0.15, 0.2) is 18.2 Å². The fourth-order valence-electron chi connectivity index (χ4n) is 2.15. The van der Waals surface area contributed by atoms with Crippen molar-refractivity contribution in [3.8, 4) is 0 Å². The van der Waals surface area contributed by atoms with Crippen LogP contribution in [0.2, 0.25) is 0 Å². The molecule has 64 valence electrons. The van der Waals surface area contributed by atoms with Crippen molar-refractivity contribution in [2.75, 3.05) is 0 Å². The molecule has 0 spiro atoms. The third-order valence-electron chi connectivity index (χ3n) is 3.19. The Morgan fingerprint density at radius 3 is 2.75 bits per heavy atom. The second-order valence-electron chi connectivity index (χ2n) is 4.17. The molecule has 0 nitrogen and oxygen atoms in total. The highest BCUT2D eigenvalue weighted by molar-refractivity contribution is 5.38. The first-order valence-electron chi connectivity index (χ1n) is 4.78. The molecule has 0 aliphatic heterocycles. The van der Waals surface area contributed by atoms with Crippen LogP contribution in [0.4, 0.5) is 0 Å². The van der Waals surface area contributed by atoms with Crippen molar-refractivity contribution in [2.45, 2.75) is 33.1 Å². The van der Waals surface area contributed by atoms with Crippen molar-refractivity contribution in [3.05, 3.63) is 34.9 Å². The van der Waals surface area contributed by atoms with Crippen LogP contribution >= 0.6 is 0 Å². The molecule has 0 aromatic heterocycles. The summed E-state index contributed by atoms with van der Waals surface area (Å²) < 4.78 is 0. The van der Waals surface area contributed by atoms with Crippen LogP contribution in [0.25, 0.3) is 0 Å². The van der Waals surface area contributed by atoms with Crippen LogP contribution in [-0.2, 0) is 6.42 Å². The zero-order valence-electron chi connectivity index (χ0n) is 8.09. The highest BCUT2D eigenvalue weighted by atomic mass is 14.3. The SMILES string of the molecule is Cc1ccc2c(c1)C(C)[C@H](C)C2. The summed E-state index contributed by atoms with van der Waals surface area (Å²) in [5.41, 5.74) is 4.55. The van der Waals surface area contributed by atoms with E-state index < -0.39 is 0 Å². The van der Waals surface area contributed by atoms with E-state index in [1.807, 2.05) is 0 Å². The first-order valence-corrected chi connectivity index (χ1v) is 4.78. The van der Waals surface area contributed by atoms with E-state index in [1.165, 1.54) is 12.0 Å². The number of rotatable bonds is 0. The Balaban J connectivity index is 2.48. The molecule has 0 bridgehead atoms. The van der Waals surface area contributed by atoms with Gasteiger partial charge in [0.15, 0.2) is 0 Å². The fraction of sp³-hybridized carbons (Fsp3) is 0.500. The van der Waals surface area contributed by atoms with Crippen molar-refractivity contribution < 1.29 is 0 Å². The first-order chi connectivity index (χ1) is 5.68. The van der Waals surface area contributed by atoms with Gasteiger partial charge in [0.05, 0.1) is 0 Å². The lowest BCUT2D eigenvalue weighted by Crippen LogP contribution is -1.97. The number of hydrogen-bond acceptors (Lipinski definition) is 0. The monoisotopic (exact) mass is 160 g/mol. The van der Waals surface area contributed by atoms with Gasteiger partial charge in [0.25, 0.3) is 0 Å². The molecule has 0 heteroatoms. The van der Waals surface area contributed by atoms with Crippen LogP contribution in [0, 0.1) is 12.8 Å². The number of hydrogen-bond donors (Lipinski definition) is 0. The first kappa shape index (κ1) is 7.85. The van der Waals surface area contributed by atoms with E-state index in [0.717, 1.165) is 11.8 Å². The van der Waals surface area contributed by atoms with Gasteiger partial charge in [-0.25, -0.2) is 0 Å². The van der Waals surface area contributed by atoms with Gasteiger partial charge in [-0.15, -0.1) is 0 Å². The summed E-state index contributed by atoms with van der Waals surface area (Å²) in [6, 6.07) is 6.87. The van der Waals surface area contributed by atoms with Gasteiger partial charge in [0, 0.05) is 0 Å². The molecule has 12 heavy (non-hydrogen) atoms. The van der Waals surface area contributed by atoms with E-state index in [1.54, 1.807) is 11.1 Å². The summed E-state index contributed by atoms with van der Waals surface area (Å²) in [6.07, 6.45) is 1.27. The average molecular weight is 160 g/mol. The van der Waals surface area contributed by atoms with Gasteiger partial charge in [-0.3, -0.25) is 0 Å². The van der Waals surface area contributed by atoms with Gasteiger partial charge in [0.2, 0.25) is 0 Å². The fourth-order valence-corrected chi connectivity index (χ4v) is 2.15. The summed E-state index contributed by atoms with van der Waals surface area (Å²) in [7, 11) is 0. The zero-order valence-corrected chi connectivity index (χ0v) is 8.09. The Kier molecular flexibility index (Phi) is 1.71. The van der Waals surface area contributed by atoms with Crippen molar-refractivity contribution in [1.82, 2.24) is 0 Å². The topological polar surface area (TPSA) is 0 Å². The van der Waals surface area contributed by atoms with Gasteiger partial charge >= 0.3 is 0 Å². The molecule has 0 radical (unpaired) electrons. The Labute approximate surface area is 74.6 Å². The van der Waals surface area contributed by atoms with Crippen molar-refractivity contribution in [2.24, 2.45) is 5.92 Å². The van der Waals surface area contributed by atoms with Crippen LogP contribution in [-0.4, -0.2) is 0 Å². The highest BCUT2D eigenvalue weighted by Crippen LogP contribution is 2.37. The Morgan fingerprint density at radius 1 is 1.25 bits per heavy atom. The van der Waals surface area contributed by atoms with E-state index in [9.17, 15) is 0 Å². The third kappa shape index (κ3) is 1.06. The average Bonchev–Trinajstić information content (AvgIpc) is 2.31. The molecule has 0 heterocycles. The minimum absolute atomic E-state index is 0.764.